The van der Waals surface area contributed by atoms with Gasteiger partial charge in [0.15, 0.2) is 0 Å². The van der Waals surface area contributed by atoms with Gasteiger partial charge in [-0.15, -0.1) is 0 Å². The SMILES string of the molecule is CCOC(=O)[C@]1(C/C=C\CCc2ccccc2)CCCCCC1=O. The lowest BCUT2D eigenvalue weighted by Crippen LogP contribution is -2.39. The highest BCUT2D eigenvalue weighted by molar-refractivity contribution is 6.04. The topological polar surface area (TPSA) is 43.4 Å². The normalized spacial score (nSPS) is 21.6. The van der Waals surface area contributed by atoms with Crippen molar-refractivity contribution in [2.45, 2.75) is 58.3 Å². The molecule has 0 bridgehead atoms. The molecule has 1 aliphatic rings. The molecule has 1 aliphatic carbocycles. The van der Waals surface area contributed by atoms with Gasteiger partial charge >= 0.3 is 5.97 Å². The molecule has 0 unspecified atom stereocenters. The minimum Gasteiger partial charge on any atom is -0.465 e. The molecular formula is C21H28O3. The number of aryl methyl sites for hydroxylation is 1. The Bertz CT molecular complexity index is 562. The Morgan fingerprint density at radius 1 is 1.17 bits per heavy atom. The summed E-state index contributed by atoms with van der Waals surface area (Å²) in [6.07, 6.45) is 10.4. The first-order chi connectivity index (χ1) is 11.7. The number of allylic oxidation sites excluding steroid dienone is 2. The van der Waals surface area contributed by atoms with Gasteiger partial charge in [-0.05, 0) is 44.6 Å². The van der Waals surface area contributed by atoms with Crippen LogP contribution in [-0.2, 0) is 20.7 Å². The zero-order valence-corrected chi connectivity index (χ0v) is 14.6. The van der Waals surface area contributed by atoms with Gasteiger partial charge in [-0.25, -0.2) is 0 Å². The van der Waals surface area contributed by atoms with Crippen molar-refractivity contribution in [3.05, 3.63) is 48.0 Å². The van der Waals surface area contributed by atoms with Crippen LogP contribution in [0.2, 0.25) is 0 Å². The van der Waals surface area contributed by atoms with Crippen LogP contribution < -0.4 is 0 Å². The van der Waals surface area contributed by atoms with Gasteiger partial charge in [0.05, 0.1) is 6.61 Å². The van der Waals surface area contributed by atoms with E-state index in [9.17, 15) is 9.59 Å². The van der Waals surface area contributed by atoms with Crippen LogP contribution >= 0.6 is 0 Å². The van der Waals surface area contributed by atoms with Crippen molar-refractivity contribution >= 4 is 11.8 Å². The van der Waals surface area contributed by atoms with E-state index in [-0.39, 0.29) is 11.8 Å². The van der Waals surface area contributed by atoms with Crippen LogP contribution in [-0.4, -0.2) is 18.4 Å². The van der Waals surface area contributed by atoms with Crippen LogP contribution in [0.25, 0.3) is 0 Å². The molecule has 1 saturated carbocycles. The van der Waals surface area contributed by atoms with E-state index in [2.05, 4.69) is 18.2 Å². The molecule has 1 atom stereocenters. The number of esters is 1. The molecule has 1 aromatic carbocycles. The van der Waals surface area contributed by atoms with E-state index in [0.29, 0.717) is 25.9 Å². The van der Waals surface area contributed by atoms with E-state index >= 15 is 0 Å². The summed E-state index contributed by atoms with van der Waals surface area (Å²) >= 11 is 0. The van der Waals surface area contributed by atoms with E-state index < -0.39 is 5.41 Å². The average molecular weight is 328 g/mol. The third kappa shape index (κ3) is 4.80. The number of carbonyl (C=O) groups is 2. The summed E-state index contributed by atoms with van der Waals surface area (Å²) < 4.78 is 5.24. The molecule has 2 rings (SSSR count). The molecule has 3 heteroatoms. The maximum atomic E-state index is 12.6. The van der Waals surface area contributed by atoms with Crippen molar-refractivity contribution in [2.75, 3.05) is 6.61 Å². The van der Waals surface area contributed by atoms with Gasteiger partial charge < -0.3 is 4.74 Å². The monoisotopic (exact) mass is 328 g/mol. The molecule has 0 spiro atoms. The standard InChI is InChI=1S/C21H28O3/c1-2-24-20(23)21(17-11-5-9-15-19(21)22)16-10-4-8-14-18-12-6-3-7-13-18/h3-4,6-7,10,12-13H,2,5,8-9,11,14-17H2,1H3/b10-4-/t21-/m1/s1. The zero-order chi connectivity index (χ0) is 17.3. The molecule has 1 fully saturated rings. The molecule has 0 radical (unpaired) electrons. The van der Waals surface area contributed by atoms with Crippen LogP contribution in [0.1, 0.15) is 57.4 Å². The maximum absolute atomic E-state index is 12.6. The Kier molecular flexibility index (Phi) is 7.23. The van der Waals surface area contributed by atoms with E-state index in [0.717, 1.165) is 32.1 Å². The Labute approximate surface area is 145 Å². The van der Waals surface area contributed by atoms with E-state index in [1.165, 1.54) is 5.56 Å². The lowest BCUT2D eigenvalue weighted by Gasteiger charge is -2.27. The highest BCUT2D eigenvalue weighted by atomic mass is 16.5. The van der Waals surface area contributed by atoms with Crippen LogP contribution in [0.3, 0.4) is 0 Å². The van der Waals surface area contributed by atoms with Gasteiger partial charge in [0, 0.05) is 6.42 Å². The van der Waals surface area contributed by atoms with E-state index in [1.54, 1.807) is 6.92 Å². The van der Waals surface area contributed by atoms with E-state index in [4.69, 9.17) is 4.74 Å². The minimum absolute atomic E-state index is 0.0613. The Morgan fingerprint density at radius 3 is 2.71 bits per heavy atom. The first kappa shape index (κ1) is 18.4. The van der Waals surface area contributed by atoms with Gasteiger partial charge in [0.2, 0.25) is 0 Å². The summed E-state index contributed by atoms with van der Waals surface area (Å²) in [6, 6.07) is 10.3. The van der Waals surface area contributed by atoms with Gasteiger partial charge in [0.1, 0.15) is 11.2 Å². The third-order valence-corrected chi connectivity index (χ3v) is 4.78. The Balaban J connectivity index is 1.98. The minimum atomic E-state index is -0.949. The third-order valence-electron chi connectivity index (χ3n) is 4.78. The lowest BCUT2D eigenvalue weighted by molar-refractivity contribution is -0.160. The van der Waals surface area contributed by atoms with Crippen LogP contribution in [0.5, 0.6) is 0 Å². The van der Waals surface area contributed by atoms with Gasteiger partial charge in [0.25, 0.3) is 0 Å². The van der Waals surface area contributed by atoms with Gasteiger partial charge in [-0.1, -0.05) is 55.3 Å². The second-order valence-corrected chi connectivity index (χ2v) is 6.49. The largest absolute Gasteiger partial charge is 0.465 e. The fourth-order valence-corrected chi connectivity index (χ4v) is 3.35. The summed E-state index contributed by atoms with van der Waals surface area (Å²) in [6.45, 7) is 2.12. The van der Waals surface area contributed by atoms with Crippen molar-refractivity contribution < 1.29 is 14.3 Å². The summed E-state index contributed by atoms with van der Waals surface area (Å²) in [4.78, 5) is 25.1. The predicted molar refractivity (Wildman–Crippen MR) is 95.7 cm³/mol. The number of hydrogen-bond acceptors (Lipinski definition) is 3. The fourth-order valence-electron chi connectivity index (χ4n) is 3.35. The van der Waals surface area contributed by atoms with Crippen molar-refractivity contribution in [3.8, 4) is 0 Å². The molecule has 0 saturated heterocycles. The molecule has 0 aliphatic heterocycles. The molecule has 3 nitrogen and oxygen atoms in total. The first-order valence-corrected chi connectivity index (χ1v) is 9.08. The Morgan fingerprint density at radius 2 is 1.96 bits per heavy atom. The molecule has 0 N–H and O–H groups in total. The second-order valence-electron chi connectivity index (χ2n) is 6.49. The highest BCUT2D eigenvalue weighted by Crippen LogP contribution is 2.37. The van der Waals surface area contributed by atoms with Crippen LogP contribution in [0, 0.1) is 5.41 Å². The highest BCUT2D eigenvalue weighted by Gasteiger charge is 2.45. The summed E-state index contributed by atoms with van der Waals surface area (Å²) in [5, 5.41) is 0. The fraction of sp³-hybridized carbons (Fsp3) is 0.524. The molecule has 0 amide bonds. The van der Waals surface area contributed by atoms with Crippen molar-refractivity contribution in [3.63, 3.8) is 0 Å². The predicted octanol–water partition coefficient (Wildman–Crippen LogP) is 4.65. The first-order valence-electron chi connectivity index (χ1n) is 9.08. The molecule has 24 heavy (non-hydrogen) atoms. The van der Waals surface area contributed by atoms with Gasteiger partial charge in [-0.2, -0.15) is 0 Å². The summed E-state index contributed by atoms with van der Waals surface area (Å²) in [7, 11) is 0. The number of benzene rings is 1. The zero-order valence-electron chi connectivity index (χ0n) is 14.6. The Hall–Kier alpha value is -1.90. The quantitative estimate of drug-likeness (QED) is 0.317. The maximum Gasteiger partial charge on any atom is 0.319 e. The average Bonchev–Trinajstić information content (AvgIpc) is 2.78. The molecule has 0 heterocycles. The van der Waals surface area contributed by atoms with Crippen molar-refractivity contribution in [2.24, 2.45) is 5.41 Å². The number of hydrogen-bond donors (Lipinski definition) is 0. The number of ketones is 1. The molecule has 130 valence electrons. The molecule has 1 aromatic rings. The number of rotatable bonds is 7. The summed E-state index contributed by atoms with van der Waals surface area (Å²) in [5.41, 5.74) is 0.350. The van der Waals surface area contributed by atoms with Gasteiger partial charge in [-0.3, -0.25) is 9.59 Å². The smallest absolute Gasteiger partial charge is 0.319 e. The number of ether oxygens (including phenoxy) is 1. The molecular weight excluding hydrogens is 300 g/mol. The summed E-state index contributed by atoms with van der Waals surface area (Å²) in [5.74, 6) is -0.268. The van der Waals surface area contributed by atoms with Crippen molar-refractivity contribution in [1.29, 1.82) is 0 Å². The number of Topliss-reactive ketones (excluding diaryl/α,β-unsaturated/α-hetero) is 1. The number of carbonyl (C=O) groups excluding carboxylic acids is 2. The molecule has 0 aromatic heterocycles. The van der Waals surface area contributed by atoms with Crippen LogP contribution in [0.4, 0.5) is 0 Å². The van der Waals surface area contributed by atoms with Crippen LogP contribution in [0.15, 0.2) is 42.5 Å². The van der Waals surface area contributed by atoms with E-state index in [1.807, 2.05) is 24.3 Å². The van der Waals surface area contributed by atoms with Crippen molar-refractivity contribution in [1.82, 2.24) is 0 Å². The second kappa shape index (κ2) is 9.41. The lowest BCUT2D eigenvalue weighted by atomic mass is 9.76.